The minimum atomic E-state index is -0.138. The molecule has 5 heteroatoms. The number of nitrogens with one attached hydrogen (secondary N) is 1. The van der Waals surface area contributed by atoms with E-state index >= 15 is 0 Å². The highest BCUT2D eigenvalue weighted by atomic mass is 35.5. The fraction of sp³-hybridized carbons (Fsp3) is 0.154. The molecule has 0 atom stereocenters. The van der Waals surface area contributed by atoms with Gasteiger partial charge in [-0.2, -0.15) is 0 Å². The lowest BCUT2D eigenvalue weighted by atomic mass is 10.0. The predicted octanol–water partition coefficient (Wildman–Crippen LogP) is 3.40. The summed E-state index contributed by atoms with van der Waals surface area (Å²) < 4.78 is 0. The van der Waals surface area contributed by atoms with Gasteiger partial charge in [-0.15, -0.1) is 11.3 Å². The maximum absolute atomic E-state index is 12.0. The van der Waals surface area contributed by atoms with Gasteiger partial charge in [0.25, 0.3) is 5.91 Å². The van der Waals surface area contributed by atoms with Gasteiger partial charge in [0.1, 0.15) is 0 Å². The number of rotatable bonds is 3. The first-order valence-corrected chi connectivity index (χ1v) is 6.80. The van der Waals surface area contributed by atoms with Crippen LogP contribution in [0.1, 0.15) is 17.3 Å². The van der Waals surface area contributed by atoms with Crippen LogP contribution in [0, 0.1) is 0 Å². The van der Waals surface area contributed by atoms with Crippen LogP contribution in [-0.2, 0) is 0 Å². The molecule has 0 fully saturated rings. The number of halogens is 1. The summed E-state index contributed by atoms with van der Waals surface area (Å²) in [7, 11) is 0. The molecule has 0 aliphatic rings. The Kier molecular flexibility index (Phi) is 3.89. The number of carbonyl (C=O) groups excluding carboxylic acids is 1. The monoisotopic (exact) mass is 280 g/mol. The van der Waals surface area contributed by atoms with Gasteiger partial charge in [0.2, 0.25) is 0 Å². The minimum absolute atomic E-state index is 0.138. The van der Waals surface area contributed by atoms with E-state index in [0.717, 1.165) is 11.1 Å². The van der Waals surface area contributed by atoms with Crippen LogP contribution in [0.4, 0.5) is 5.00 Å². The third-order valence-corrected chi connectivity index (χ3v) is 3.60. The van der Waals surface area contributed by atoms with Crippen molar-refractivity contribution in [2.45, 2.75) is 6.92 Å². The van der Waals surface area contributed by atoms with Gasteiger partial charge in [0.15, 0.2) is 0 Å². The molecule has 2 rings (SSSR count). The Bertz CT molecular complexity index is 563. The lowest BCUT2D eigenvalue weighted by Gasteiger charge is -2.06. The van der Waals surface area contributed by atoms with Crippen LogP contribution in [-0.4, -0.2) is 12.5 Å². The molecule has 3 nitrogen and oxygen atoms in total. The molecular formula is C13H13ClN2OS. The molecular weight excluding hydrogens is 268 g/mol. The summed E-state index contributed by atoms with van der Waals surface area (Å²) in [5.74, 6) is -0.138. The van der Waals surface area contributed by atoms with Gasteiger partial charge < -0.3 is 11.1 Å². The molecule has 0 aliphatic heterocycles. The molecule has 18 heavy (non-hydrogen) atoms. The smallest absolute Gasteiger partial charge is 0.254 e. The van der Waals surface area contributed by atoms with E-state index in [-0.39, 0.29) is 5.91 Å². The number of anilines is 1. The highest BCUT2D eigenvalue weighted by Crippen LogP contribution is 2.33. The summed E-state index contributed by atoms with van der Waals surface area (Å²) >= 11 is 7.22. The molecule has 0 aliphatic carbocycles. The summed E-state index contributed by atoms with van der Waals surface area (Å²) in [5.41, 5.74) is 8.20. The van der Waals surface area contributed by atoms with E-state index in [4.69, 9.17) is 17.3 Å². The fourth-order valence-electron chi connectivity index (χ4n) is 1.70. The molecule has 1 aromatic carbocycles. The van der Waals surface area contributed by atoms with E-state index in [2.05, 4.69) is 5.32 Å². The van der Waals surface area contributed by atoms with Crippen LogP contribution in [0.25, 0.3) is 11.1 Å². The molecule has 1 heterocycles. The van der Waals surface area contributed by atoms with Gasteiger partial charge in [-0.05, 0) is 24.6 Å². The molecule has 0 saturated heterocycles. The maximum Gasteiger partial charge on any atom is 0.254 e. The number of hydrogen-bond acceptors (Lipinski definition) is 3. The first-order chi connectivity index (χ1) is 8.63. The summed E-state index contributed by atoms with van der Waals surface area (Å²) in [5, 5.41) is 5.87. The molecule has 1 amide bonds. The third kappa shape index (κ3) is 2.49. The molecule has 0 saturated carbocycles. The van der Waals surface area contributed by atoms with Gasteiger partial charge in [-0.3, -0.25) is 4.79 Å². The molecule has 2 aromatic rings. The Morgan fingerprint density at radius 2 is 2.06 bits per heavy atom. The van der Waals surface area contributed by atoms with Gasteiger partial charge in [0, 0.05) is 22.5 Å². The Morgan fingerprint density at radius 1 is 1.39 bits per heavy atom. The number of benzene rings is 1. The Hall–Kier alpha value is -1.52. The van der Waals surface area contributed by atoms with Crippen LogP contribution in [0.2, 0.25) is 5.02 Å². The standard InChI is InChI=1S/C13H13ClN2OS/c1-2-16-13(17)11-10(7-18-12(11)15)8-3-5-9(14)6-4-8/h3-7H,2,15H2,1H3,(H,16,17). The second-order valence-electron chi connectivity index (χ2n) is 3.75. The van der Waals surface area contributed by atoms with Gasteiger partial charge in [0.05, 0.1) is 10.6 Å². The van der Waals surface area contributed by atoms with Crippen LogP contribution in [0.5, 0.6) is 0 Å². The average Bonchev–Trinajstić information content (AvgIpc) is 2.72. The maximum atomic E-state index is 12.0. The molecule has 1 aromatic heterocycles. The van der Waals surface area contributed by atoms with Crippen molar-refractivity contribution in [1.82, 2.24) is 5.32 Å². The predicted molar refractivity (Wildman–Crippen MR) is 77.2 cm³/mol. The number of carbonyl (C=O) groups is 1. The zero-order chi connectivity index (χ0) is 13.1. The quantitative estimate of drug-likeness (QED) is 0.905. The highest BCUT2D eigenvalue weighted by Gasteiger charge is 2.17. The number of amides is 1. The van der Waals surface area contributed by atoms with Gasteiger partial charge in [-0.1, -0.05) is 23.7 Å². The van der Waals surface area contributed by atoms with E-state index in [9.17, 15) is 4.79 Å². The first-order valence-electron chi connectivity index (χ1n) is 5.54. The molecule has 0 unspecified atom stereocenters. The van der Waals surface area contributed by atoms with Crippen molar-refractivity contribution in [1.29, 1.82) is 0 Å². The summed E-state index contributed by atoms with van der Waals surface area (Å²) in [6.45, 7) is 2.45. The van der Waals surface area contributed by atoms with Crippen molar-refractivity contribution in [3.63, 3.8) is 0 Å². The average molecular weight is 281 g/mol. The second kappa shape index (κ2) is 5.42. The second-order valence-corrected chi connectivity index (χ2v) is 5.10. The van der Waals surface area contributed by atoms with Crippen LogP contribution < -0.4 is 11.1 Å². The third-order valence-electron chi connectivity index (χ3n) is 2.54. The van der Waals surface area contributed by atoms with E-state index < -0.39 is 0 Å². The fourth-order valence-corrected chi connectivity index (χ4v) is 2.64. The topological polar surface area (TPSA) is 55.1 Å². The summed E-state index contributed by atoms with van der Waals surface area (Å²) in [4.78, 5) is 12.0. The molecule has 3 N–H and O–H groups in total. The zero-order valence-corrected chi connectivity index (χ0v) is 11.4. The first kappa shape index (κ1) is 12.9. The number of thiophene rings is 1. The van der Waals surface area contributed by atoms with Crippen LogP contribution in [0.15, 0.2) is 29.6 Å². The van der Waals surface area contributed by atoms with Crippen molar-refractivity contribution in [2.75, 3.05) is 12.3 Å². The molecule has 0 bridgehead atoms. The van der Waals surface area contributed by atoms with Gasteiger partial charge in [-0.25, -0.2) is 0 Å². The van der Waals surface area contributed by atoms with Crippen LogP contribution in [0.3, 0.4) is 0 Å². The SMILES string of the molecule is CCNC(=O)c1c(-c2ccc(Cl)cc2)csc1N. The van der Waals surface area contributed by atoms with E-state index in [0.29, 0.717) is 22.1 Å². The summed E-state index contributed by atoms with van der Waals surface area (Å²) in [6.07, 6.45) is 0. The lowest BCUT2D eigenvalue weighted by Crippen LogP contribution is -2.23. The number of hydrogen-bond donors (Lipinski definition) is 2. The highest BCUT2D eigenvalue weighted by molar-refractivity contribution is 7.15. The van der Waals surface area contributed by atoms with Crippen molar-refractivity contribution in [3.8, 4) is 11.1 Å². The number of nitrogens with two attached hydrogens (primary N) is 1. The van der Waals surface area contributed by atoms with E-state index in [1.165, 1.54) is 11.3 Å². The van der Waals surface area contributed by atoms with Crippen molar-refractivity contribution < 1.29 is 4.79 Å². The van der Waals surface area contributed by atoms with E-state index in [1.54, 1.807) is 12.1 Å². The Balaban J connectivity index is 2.45. The molecule has 0 radical (unpaired) electrons. The van der Waals surface area contributed by atoms with Gasteiger partial charge >= 0.3 is 0 Å². The van der Waals surface area contributed by atoms with Crippen LogP contribution >= 0.6 is 22.9 Å². The van der Waals surface area contributed by atoms with E-state index in [1.807, 2.05) is 24.4 Å². The van der Waals surface area contributed by atoms with Crippen molar-refractivity contribution >= 4 is 33.8 Å². The number of nitrogen functional groups attached to an aromatic ring is 1. The lowest BCUT2D eigenvalue weighted by molar-refractivity contribution is 0.0957. The largest absolute Gasteiger partial charge is 0.390 e. The molecule has 94 valence electrons. The Morgan fingerprint density at radius 3 is 2.67 bits per heavy atom. The van der Waals surface area contributed by atoms with Crippen molar-refractivity contribution in [3.05, 3.63) is 40.2 Å². The minimum Gasteiger partial charge on any atom is -0.390 e. The van der Waals surface area contributed by atoms with Crippen molar-refractivity contribution in [2.24, 2.45) is 0 Å². The summed E-state index contributed by atoms with van der Waals surface area (Å²) in [6, 6.07) is 7.36. The zero-order valence-electron chi connectivity index (χ0n) is 9.87. The Labute approximate surface area is 115 Å². The normalized spacial score (nSPS) is 10.3. The molecule has 0 spiro atoms.